The van der Waals surface area contributed by atoms with E-state index in [1.165, 1.54) is 45.9 Å². The van der Waals surface area contributed by atoms with Gasteiger partial charge in [0.15, 0.2) is 0 Å². The van der Waals surface area contributed by atoms with Gasteiger partial charge in [0, 0.05) is 110 Å². The van der Waals surface area contributed by atoms with Crippen molar-refractivity contribution in [1.82, 2.24) is 35.0 Å². The highest BCUT2D eigenvalue weighted by Crippen LogP contribution is 2.35. The second kappa shape index (κ2) is 22.8. The molecule has 22 heteroatoms. The van der Waals surface area contributed by atoms with Gasteiger partial charge in [0.25, 0.3) is 5.91 Å². The predicted molar refractivity (Wildman–Crippen MR) is 252 cm³/mol. The number of furan rings is 3. The van der Waals surface area contributed by atoms with Crippen LogP contribution < -0.4 is 36.6 Å². The maximum atomic E-state index is 13.3. The number of rotatable bonds is 19. The molecular weight excluding hydrogens is 961 g/mol. The monoisotopic (exact) mass is 1010 g/mol. The minimum Gasteiger partial charge on any atom is -0.545 e. The molecule has 0 aliphatic carbocycles. The molecule has 6 aromatic heterocycles. The quantitative estimate of drug-likeness (QED) is 0.0976. The lowest BCUT2D eigenvalue weighted by atomic mass is 10.0. The summed E-state index contributed by atoms with van der Waals surface area (Å²) in [6, 6.07) is 8.62. The van der Waals surface area contributed by atoms with Crippen molar-refractivity contribution in [3.05, 3.63) is 121 Å². The number of pyridine rings is 3. The predicted octanol–water partition coefficient (Wildman–Crippen LogP) is -0.392. The minimum absolute atomic E-state index is 0.0605. The highest BCUT2D eigenvalue weighted by molar-refractivity contribution is 5.98. The number of nitrogens with zero attached hydrogens (tertiary/aromatic N) is 6. The number of carboxylic acids is 5. The van der Waals surface area contributed by atoms with Gasteiger partial charge in [-0.15, -0.1) is 0 Å². The molecule has 0 spiro atoms. The lowest BCUT2D eigenvalue weighted by Crippen LogP contribution is -2.36. The normalized spacial score (nSPS) is 13.8. The van der Waals surface area contributed by atoms with Gasteiger partial charge in [-0.3, -0.25) is 34.4 Å². The number of carbonyl (C=O) groups excluding carboxylic acids is 6. The van der Waals surface area contributed by atoms with Crippen molar-refractivity contribution in [3.8, 4) is 34.0 Å². The molecule has 6 aromatic rings. The van der Waals surface area contributed by atoms with Gasteiger partial charge >= 0.3 is 0 Å². The van der Waals surface area contributed by atoms with Crippen LogP contribution in [-0.4, -0.2) is 118 Å². The smallest absolute Gasteiger partial charge is 0.255 e. The molecular formula is C52H53N8O14-5. The largest absolute Gasteiger partial charge is 0.545 e. The molecule has 390 valence electrons. The van der Waals surface area contributed by atoms with Crippen LogP contribution in [0.25, 0.3) is 34.0 Å². The van der Waals surface area contributed by atoms with E-state index in [9.17, 15) is 54.3 Å². The van der Waals surface area contributed by atoms with E-state index in [2.05, 4.69) is 20.3 Å². The fourth-order valence-corrected chi connectivity index (χ4v) is 9.34. The van der Waals surface area contributed by atoms with Crippen LogP contribution in [0.4, 0.5) is 0 Å². The molecule has 0 bridgehead atoms. The summed E-state index contributed by atoms with van der Waals surface area (Å²) in [4.78, 5) is 93.5. The Morgan fingerprint density at radius 2 is 0.797 bits per heavy atom. The van der Waals surface area contributed by atoms with E-state index in [-0.39, 0.29) is 105 Å². The summed E-state index contributed by atoms with van der Waals surface area (Å²) in [5.41, 5.74) is 6.99. The molecule has 74 heavy (non-hydrogen) atoms. The average Bonchev–Trinajstić information content (AvgIpc) is 3.96. The Kier molecular flexibility index (Phi) is 16.6. The standard InChI is InChI=1S/C52H58N8O14/c1-26-41(47(61)54-10-8-7-9-53)29(4)72-44(26)32-17-35(55-38(20-32)48(62)63)23-58-11-13-59(24-36-18-33(21-39(56-36)49(64)65)45-27(2)42(51(68)69)30(5)73-45)15-16-60(14-12-58)25-37-19-34(22-40(57-37)50(66)67)46-28(3)43(52(70)71)31(6)74-46/h17-22H,7-16,23-25,53H2,1-6H3,(H,54,61)(H,62,63)(H,64,65)(H,66,67)(H,68,69)(H,70,71)/p-5. The van der Waals surface area contributed by atoms with Crippen LogP contribution >= 0.6 is 0 Å². The fraction of sp³-hybridized carbons (Fsp3) is 0.365. The van der Waals surface area contributed by atoms with Gasteiger partial charge in [-0.1, -0.05) is 0 Å². The van der Waals surface area contributed by atoms with Crippen molar-refractivity contribution in [2.24, 2.45) is 5.73 Å². The molecule has 3 N–H and O–H groups in total. The third-order valence-corrected chi connectivity index (χ3v) is 12.9. The highest BCUT2D eigenvalue weighted by atomic mass is 16.4. The Hall–Kier alpha value is -8.05. The molecule has 0 atom stereocenters. The van der Waals surface area contributed by atoms with E-state index in [4.69, 9.17) is 19.0 Å². The number of hydrogen-bond acceptors (Lipinski definition) is 21. The molecule has 1 saturated heterocycles. The van der Waals surface area contributed by atoms with Crippen molar-refractivity contribution in [3.63, 3.8) is 0 Å². The molecule has 1 fully saturated rings. The number of carboxylic acid groups (broad SMARTS) is 5. The van der Waals surface area contributed by atoms with Crippen molar-refractivity contribution < 1.29 is 67.6 Å². The molecule has 1 aliphatic heterocycles. The van der Waals surface area contributed by atoms with E-state index in [0.29, 0.717) is 86.9 Å². The van der Waals surface area contributed by atoms with Crippen LogP contribution in [-0.2, 0) is 19.6 Å². The molecule has 1 aliphatic rings. The summed E-state index contributed by atoms with van der Waals surface area (Å²) < 4.78 is 17.7. The van der Waals surface area contributed by atoms with E-state index in [0.717, 1.165) is 6.42 Å². The van der Waals surface area contributed by atoms with Crippen molar-refractivity contribution >= 4 is 35.8 Å². The first-order valence-corrected chi connectivity index (χ1v) is 23.7. The average molecular weight is 1010 g/mol. The van der Waals surface area contributed by atoms with Crippen LogP contribution in [0, 0.1) is 41.5 Å². The first-order chi connectivity index (χ1) is 35.1. The van der Waals surface area contributed by atoms with Gasteiger partial charge in [0.05, 0.1) is 69.6 Å². The van der Waals surface area contributed by atoms with Crippen molar-refractivity contribution in [1.29, 1.82) is 0 Å². The van der Waals surface area contributed by atoms with Gasteiger partial charge in [-0.25, -0.2) is 0 Å². The molecule has 0 saturated carbocycles. The first kappa shape index (κ1) is 53.7. The summed E-state index contributed by atoms with van der Waals surface area (Å²) in [7, 11) is 0. The topological polar surface area (TPSA) is 344 Å². The minimum atomic E-state index is -1.58. The third kappa shape index (κ3) is 12.1. The number of nitrogens with two attached hydrogens (primary N) is 1. The summed E-state index contributed by atoms with van der Waals surface area (Å²) in [5.74, 6) is -7.03. The zero-order valence-electron chi connectivity index (χ0n) is 41.6. The molecule has 0 aromatic carbocycles. The van der Waals surface area contributed by atoms with Crippen LogP contribution in [0.15, 0.2) is 49.6 Å². The van der Waals surface area contributed by atoms with Crippen LogP contribution in [0.2, 0.25) is 0 Å². The van der Waals surface area contributed by atoms with Gasteiger partial charge < -0.3 is 73.8 Å². The number of hydrogen-bond donors (Lipinski definition) is 2. The zero-order valence-corrected chi connectivity index (χ0v) is 41.6. The highest BCUT2D eigenvalue weighted by Gasteiger charge is 2.26. The number of aromatic carboxylic acids is 5. The van der Waals surface area contributed by atoms with E-state index in [1.54, 1.807) is 32.0 Å². The SMILES string of the molecule is Cc1oc(-c2cc(CN3CCN(Cc4cc(-c5oc(C)c(C(=O)[O-])c5C)cc(C(=O)[O-])n4)CCN(Cc4cc(-c5oc(C)c(C(=O)NCCCCN)c5C)cc(C(=O)[O-])n4)CC3)nc(C(=O)[O-])c2)c(C)c1C(=O)[O-]. The molecule has 7 rings (SSSR count). The van der Waals surface area contributed by atoms with Crippen LogP contribution in [0.5, 0.6) is 0 Å². The van der Waals surface area contributed by atoms with Gasteiger partial charge in [-0.05, 0) is 97.3 Å². The van der Waals surface area contributed by atoms with Crippen molar-refractivity contribution in [2.75, 3.05) is 52.4 Å². The molecule has 7 heterocycles. The van der Waals surface area contributed by atoms with Crippen molar-refractivity contribution in [2.45, 2.75) is 74.0 Å². The number of aryl methyl sites for hydroxylation is 3. The molecule has 22 nitrogen and oxygen atoms in total. The van der Waals surface area contributed by atoms with Gasteiger partial charge in [0.1, 0.15) is 34.6 Å². The Balaban J connectivity index is 1.24. The Morgan fingerprint density at radius 3 is 1.08 bits per heavy atom. The molecule has 0 unspecified atom stereocenters. The second-order valence-corrected chi connectivity index (χ2v) is 18.2. The van der Waals surface area contributed by atoms with Crippen LogP contribution in [0.3, 0.4) is 0 Å². The second-order valence-electron chi connectivity index (χ2n) is 18.2. The Labute approximate surface area is 424 Å². The Morgan fingerprint density at radius 1 is 0.486 bits per heavy atom. The number of aromatic nitrogens is 3. The summed E-state index contributed by atoms with van der Waals surface area (Å²) in [5, 5.41) is 63.9. The summed E-state index contributed by atoms with van der Waals surface area (Å²) >= 11 is 0. The lowest BCUT2D eigenvalue weighted by Gasteiger charge is -2.26. The molecule has 0 radical (unpaired) electrons. The Bertz CT molecular complexity index is 3030. The number of unbranched alkanes of at least 4 members (excludes halogenated alkanes) is 1. The van der Waals surface area contributed by atoms with Crippen LogP contribution in [0.1, 0.15) is 126 Å². The zero-order chi connectivity index (χ0) is 53.7. The number of nitrogens with one attached hydrogen (secondary N) is 1. The first-order valence-electron chi connectivity index (χ1n) is 23.7. The van der Waals surface area contributed by atoms with Gasteiger partial charge in [0.2, 0.25) is 0 Å². The summed E-state index contributed by atoms with van der Waals surface area (Å²) in [6.45, 7) is 12.4. The van der Waals surface area contributed by atoms with E-state index < -0.39 is 41.2 Å². The summed E-state index contributed by atoms with van der Waals surface area (Å²) in [6.07, 6.45) is 1.41. The molecule has 1 amide bonds. The lowest BCUT2D eigenvalue weighted by molar-refractivity contribution is -0.256. The van der Waals surface area contributed by atoms with E-state index >= 15 is 0 Å². The fourth-order valence-electron chi connectivity index (χ4n) is 9.34. The van der Waals surface area contributed by atoms with E-state index in [1.807, 2.05) is 14.7 Å². The maximum absolute atomic E-state index is 13.3. The van der Waals surface area contributed by atoms with Gasteiger partial charge in [-0.2, -0.15) is 0 Å². The maximum Gasteiger partial charge on any atom is 0.255 e. The number of amides is 1. The third-order valence-electron chi connectivity index (χ3n) is 12.9. The number of carbonyl (C=O) groups is 6.